The van der Waals surface area contributed by atoms with Crippen molar-refractivity contribution in [3.05, 3.63) is 70.8 Å². The van der Waals surface area contributed by atoms with Gasteiger partial charge in [0.2, 0.25) is 0 Å². The molecule has 0 unspecified atom stereocenters. The van der Waals surface area contributed by atoms with Gasteiger partial charge in [-0.3, -0.25) is 0 Å². The number of rotatable bonds is 8. The van der Waals surface area contributed by atoms with Gasteiger partial charge >= 0.3 is 0 Å². The molecule has 0 heterocycles. The van der Waals surface area contributed by atoms with Crippen LogP contribution in [0.2, 0.25) is 0 Å². The average Bonchev–Trinajstić information content (AvgIpc) is 2.85. The first-order chi connectivity index (χ1) is 15.8. The van der Waals surface area contributed by atoms with Gasteiger partial charge in [0.15, 0.2) is 0 Å². The Balaban J connectivity index is 1.47. The second kappa shape index (κ2) is 13.9. The fraction of sp³-hybridized carbons (Fsp3) is 0.500. The molecule has 3 rings (SSSR count). The lowest BCUT2D eigenvalue weighted by Crippen LogP contribution is -2.13. The van der Waals surface area contributed by atoms with Crippen LogP contribution in [0.3, 0.4) is 0 Å². The molecule has 1 fully saturated rings. The quantitative estimate of drug-likeness (QED) is 0.293. The Kier molecular flexibility index (Phi) is 10.5. The predicted molar refractivity (Wildman–Crippen MR) is 139 cm³/mol. The minimum atomic E-state index is 0.745. The van der Waals surface area contributed by atoms with Crippen LogP contribution in [0.1, 0.15) is 119 Å². The Morgan fingerprint density at radius 2 is 1.19 bits per heavy atom. The fourth-order valence-corrected chi connectivity index (χ4v) is 4.69. The summed E-state index contributed by atoms with van der Waals surface area (Å²) in [6.45, 7) is 4.49. The molecular weight excluding hydrogens is 384 g/mol. The molecule has 2 aromatic rings. The SMILES string of the molecule is CCCCC#Cc1ccc(C#Cc2ccc([C@H]3CC[C@H](CCCCCC)CC3)cc2)cc1. The Hall–Kier alpha value is -2.44. The van der Waals surface area contributed by atoms with Crippen molar-refractivity contribution in [2.75, 3.05) is 0 Å². The Morgan fingerprint density at radius 3 is 1.78 bits per heavy atom. The number of hydrogen-bond donors (Lipinski definition) is 0. The second-order valence-corrected chi connectivity index (χ2v) is 9.42. The van der Waals surface area contributed by atoms with Crippen molar-refractivity contribution in [3.63, 3.8) is 0 Å². The summed E-state index contributed by atoms with van der Waals surface area (Å²) in [5, 5.41) is 0. The van der Waals surface area contributed by atoms with Crippen molar-refractivity contribution in [2.45, 2.75) is 96.8 Å². The molecule has 0 bridgehead atoms. The molecule has 168 valence electrons. The molecular formula is C32H40. The predicted octanol–water partition coefficient (Wildman–Crippen LogP) is 8.87. The molecule has 1 aliphatic carbocycles. The third kappa shape index (κ3) is 8.24. The highest BCUT2D eigenvalue weighted by Gasteiger charge is 2.21. The molecule has 0 aromatic heterocycles. The van der Waals surface area contributed by atoms with Crippen molar-refractivity contribution in [3.8, 4) is 23.7 Å². The van der Waals surface area contributed by atoms with E-state index >= 15 is 0 Å². The van der Waals surface area contributed by atoms with Gasteiger partial charge in [-0.25, -0.2) is 0 Å². The van der Waals surface area contributed by atoms with E-state index in [9.17, 15) is 0 Å². The molecule has 0 nitrogen and oxygen atoms in total. The molecule has 1 saturated carbocycles. The average molecular weight is 425 g/mol. The Labute approximate surface area is 197 Å². The van der Waals surface area contributed by atoms with E-state index in [1.54, 1.807) is 0 Å². The van der Waals surface area contributed by atoms with Crippen LogP contribution < -0.4 is 0 Å². The highest BCUT2D eigenvalue weighted by atomic mass is 14.3. The molecule has 0 radical (unpaired) electrons. The number of unbranched alkanes of at least 4 members (excludes halogenated alkanes) is 5. The minimum absolute atomic E-state index is 0.745. The molecule has 0 atom stereocenters. The maximum absolute atomic E-state index is 3.32. The first kappa shape index (κ1) is 24.2. The van der Waals surface area contributed by atoms with E-state index in [4.69, 9.17) is 0 Å². The van der Waals surface area contributed by atoms with Crippen LogP contribution in [0.5, 0.6) is 0 Å². The Bertz CT molecular complexity index is 900. The fourth-order valence-electron chi connectivity index (χ4n) is 4.69. The molecule has 0 heteroatoms. The van der Waals surface area contributed by atoms with E-state index in [0.717, 1.165) is 34.9 Å². The summed E-state index contributed by atoms with van der Waals surface area (Å²) in [5.74, 6) is 14.8. The smallest absolute Gasteiger partial charge is 0.0249 e. The van der Waals surface area contributed by atoms with Gasteiger partial charge in [0.1, 0.15) is 0 Å². The van der Waals surface area contributed by atoms with Crippen molar-refractivity contribution in [2.24, 2.45) is 5.92 Å². The van der Waals surface area contributed by atoms with Gasteiger partial charge in [0.25, 0.3) is 0 Å². The minimum Gasteiger partial charge on any atom is -0.0979 e. The zero-order valence-corrected chi connectivity index (χ0v) is 20.3. The number of benzene rings is 2. The molecule has 0 aliphatic heterocycles. The van der Waals surface area contributed by atoms with E-state index < -0.39 is 0 Å². The highest BCUT2D eigenvalue weighted by molar-refractivity contribution is 5.46. The zero-order chi connectivity index (χ0) is 22.4. The Morgan fingerprint density at radius 1 is 0.625 bits per heavy atom. The van der Waals surface area contributed by atoms with Gasteiger partial charge in [0, 0.05) is 23.1 Å². The molecule has 1 aliphatic rings. The third-order valence-corrected chi connectivity index (χ3v) is 6.82. The van der Waals surface area contributed by atoms with Crippen LogP contribution in [0.4, 0.5) is 0 Å². The maximum atomic E-state index is 3.32. The van der Waals surface area contributed by atoms with Crippen molar-refractivity contribution >= 4 is 0 Å². The van der Waals surface area contributed by atoms with E-state index in [1.807, 2.05) is 0 Å². The first-order valence-electron chi connectivity index (χ1n) is 13.0. The van der Waals surface area contributed by atoms with Crippen molar-refractivity contribution < 1.29 is 0 Å². The molecule has 2 aromatic carbocycles. The van der Waals surface area contributed by atoms with Crippen LogP contribution >= 0.6 is 0 Å². The normalized spacial score (nSPS) is 17.7. The number of hydrogen-bond acceptors (Lipinski definition) is 0. The van der Waals surface area contributed by atoms with E-state index in [2.05, 4.69) is 86.1 Å². The molecule has 32 heavy (non-hydrogen) atoms. The summed E-state index contributed by atoms with van der Waals surface area (Å²) in [4.78, 5) is 0. The zero-order valence-electron chi connectivity index (χ0n) is 20.3. The van der Waals surface area contributed by atoms with Gasteiger partial charge in [-0.1, -0.05) is 88.2 Å². The van der Waals surface area contributed by atoms with Crippen LogP contribution in [0.25, 0.3) is 0 Å². The topological polar surface area (TPSA) is 0 Å². The lowest BCUT2D eigenvalue weighted by molar-refractivity contribution is 0.302. The van der Waals surface area contributed by atoms with E-state index in [-0.39, 0.29) is 0 Å². The van der Waals surface area contributed by atoms with Crippen molar-refractivity contribution in [1.29, 1.82) is 0 Å². The van der Waals surface area contributed by atoms with Gasteiger partial charge in [-0.05, 0) is 85.9 Å². The lowest BCUT2D eigenvalue weighted by Gasteiger charge is -2.29. The van der Waals surface area contributed by atoms with Crippen LogP contribution in [-0.4, -0.2) is 0 Å². The van der Waals surface area contributed by atoms with Gasteiger partial charge < -0.3 is 0 Å². The molecule has 0 saturated heterocycles. The van der Waals surface area contributed by atoms with Crippen LogP contribution in [0, 0.1) is 29.6 Å². The monoisotopic (exact) mass is 424 g/mol. The largest absolute Gasteiger partial charge is 0.0979 e. The summed E-state index contributed by atoms with van der Waals surface area (Å²) in [5.41, 5.74) is 4.73. The van der Waals surface area contributed by atoms with E-state index in [0.29, 0.717) is 0 Å². The lowest BCUT2D eigenvalue weighted by atomic mass is 9.77. The highest BCUT2D eigenvalue weighted by Crippen LogP contribution is 2.37. The molecule has 0 N–H and O–H groups in total. The summed E-state index contributed by atoms with van der Waals surface area (Å²) in [7, 11) is 0. The summed E-state index contributed by atoms with van der Waals surface area (Å²) < 4.78 is 0. The maximum Gasteiger partial charge on any atom is 0.0249 e. The molecule has 0 amide bonds. The standard InChI is InChI=1S/C32H40/c1-3-5-7-9-11-27-13-15-29(16-14-27)17-18-30-21-25-32(26-22-30)31-23-19-28(20-24-31)12-10-8-6-4-2/h13-16,21-22,25-26,28,31H,3-8,10,12,19-20,23-24H2,1-2H3/t28-,31-. The summed E-state index contributed by atoms with van der Waals surface area (Å²) in [6, 6.07) is 17.3. The van der Waals surface area contributed by atoms with Crippen molar-refractivity contribution in [1.82, 2.24) is 0 Å². The summed E-state index contributed by atoms with van der Waals surface area (Å²) in [6.07, 6.45) is 16.0. The first-order valence-corrected chi connectivity index (χ1v) is 13.0. The van der Waals surface area contributed by atoms with Crippen LogP contribution in [-0.2, 0) is 0 Å². The second-order valence-electron chi connectivity index (χ2n) is 9.42. The summed E-state index contributed by atoms with van der Waals surface area (Å²) >= 11 is 0. The van der Waals surface area contributed by atoms with E-state index in [1.165, 1.54) is 76.2 Å². The van der Waals surface area contributed by atoms with Gasteiger partial charge in [-0.15, -0.1) is 0 Å². The third-order valence-electron chi connectivity index (χ3n) is 6.82. The van der Waals surface area contributed by atoms with Gasteiger partial charge in [0.05, 0.1) is 0 Å². The van der Waals surface area contributed by atoms with Crippen LogP contribution in [0.15, 0.2) is 48.5 Å². The molecule has 0 spiro atoms. The van der Waals surface area contributed by atoms with Gasteiger partial charge in [-0.2, -0.15) is 0 Å².